The molecule has 0 unspecified atom stereocenters. The smallest absolute Gasteiger partial charge is 0.270 e. The Labute approximate surface area is 174 Å². The molecule has 152 valence electrons. The fourth-order valence-corrected chi connectivity index (χ4v) is 4.85. The van der Waals surface area contributed by atoms with Gasteiger partial charge in [-0.1, -0.05) is 19.1 Å². The first-order valence-corrected chi connectivity index (χ1v) is 11.0. The largest absolute Gasteiger partial charge is 0.357 e. The van der Waals surface area contributed by atoms with Gasteiger partial charge in [0, 0.05) is 31.8 Å². The van der Waals surface area contributed by atoms with E-state index in [1.807, 2.05) is 31.2 Å². The molecule has 2 aromatic rings. The first-order chi connectivity index (χ1) is 14.1. The van der Waals surface area contributed by atoms with Gasteiger partial charge in [0.1, 0.15) is 15.7 Å². The number of halogens is 1. The lowest BCUT2D eigenvalue weighted by molar-refractivity contribution is 0.0801. The van der Waals surface area contributed by atoms with Crippen molar-refractivity contribution in [2.75, 3.05) is 24.5 Å². The molecule has 1 fully saturated rings. The van der Waals surface area contributed by atoms with Crippen molar-refractivity contribution >= 4 is 23.1 Å². The van der Waals surface area contributed by atoms with Crippen LogP contribution in [0, 0.1) is 5.95 Å². The molecule has 2 aromatic heterocycles. The minimum atomic E-state index is -0.523. The lowest BCUT2D eigenvalue weighted by Crippen LogP contribution is -2.35. The van der Waals surface area contributed by atoms with Crippen LogP contribution in [-0.4, -0.2) is 40.4 Å². The Kier molecular flexibility index (Phi) is 5.76. The van der Waals surface area contributed by atoms with Gasteiger partial charge in [0.2, 0.25) is 5.95 Å². The van der Waals surface area contributed by atoms with E-state index in [0.717, 1.165) is 43.7 Å². The Bertz CT molecular complexity index is 975. The van der Waals surface area contributed by atoms with E-state index in [9.17, 15) is 9.18 Å². The van der Waals surface area contributed by atoms with Crippen molar-refractivity contribution in [3.8, 4) is 10.6 Å². The first-order valence-electron chi connectivity index (χ1n) is 10.2. The predicted molar refractivity (Wildman–Crippen MR) is 115 cm³/mol. The summed E-state index contributed by atoms with van der Waals surface area (Å²) in [4.78, 5) is 26.3. The molecule has 0 spiro atoms. The molecule has 2 aliphatic heterocycles. The van der Waals surface area contributed by atoms with Crippen LogP contribution in [0.25, 0.3) is 10.6 Å². The maximum atomic E-state index is 14.8. The minimum Gasteiger partial charge on any atom is -0.357 e. The summed E-state index contributed by atoms with van der Waals surface area (Å²) in [6.45, 7) is 6.41. The number of fused-ring (bicyclic) bond motifs is 1. The number of aromatic nitrogens is 2. The van der Waals surface area contributed by atoms with Gasteiger partial charge in [-0.15, -0.1) is 11.3 Å². The van der Waals surface area contributed by atoms with Crippen LogP contribution in [0.4, 0.5) is 10.2 Å². The second-order valence-electron chi connectivity index (χ2n) is 7.23. The van der Waals surface area contributed by atoms with Crippen molar-refractivity contribution in [3.05, 3.63) is 52.6 Å². The van der Waals surface area contributed by atoms with Crippen LogP contribution < -0.4 is 4.90 Å². The molecular weight excluding hydrogens is 387 g/mol. The number of carbonyl (C=O) groups is 1. The standard InChI is InChI=1S/C22H25FN4OS/c1-3-5-8-15(4-2)27-14-11-17-19(22(27)28)29-21(24-17)16-9-10-18(25-20(16)23)26-12-6-7-13-26/h4-5,8-10H,3,6-7,11-14H2,1-2H3/b8-5-,15-4+. The Morgan fingerprint density at radius 1 is 1.24 bits per heavy atom. The quantitative estimate of drug-likeness (QED) is 0.522. The van der Waals surface area contributed by atoms with Crippen molar-refractivity contribution in [1.29, 1.82) is 0 Å². The number of hydrogen-bond acceptors (Lipinski definition) is 5. The topological polar surface area (TPSA) is 49.3 Å². The lowest BCUT2D eigenvalue weighted by Gasteiger charge is -2.26. The van der Waals surface area contributed by atoms with E-state index in [4.69, 9.17) is 0 Å². The van der Waals surface area contributed by atoms with Gasteiger partial charge >= 0.3 is 0 Å². The minimum absolute atomic E-state index is 0.0640. The van der Waals surface area contributed by atoms with E-state index in [-0.39, 0.29) is 5.91 Å². The van der Waals surface area contributed by atoms with Gasteiger partial charge in [0.25, 0.3) is 5.91 Å². The molecule has 4 rings (SSSR count). The summed E-state index contributed by atoms with van der Waals surface area (Å²) in [6, 6.07) is 3.59. The fraction of sp³-hybridized carbons (Fsp3) is 0.409. The van der Waals surface area contributed by atoms with Crippen molar-refractivity contribution in [2.24, 2.45) is 0 Å². The summed E-state index contributed by atoms with van der Waals surface area (Å²) in [6.07, 6.45) is 9.77. The molecule has 0 bridgehead atoms. The van der Waals surface area contributed by atoms with Gasteiger partial charge in [-0.3, -0.25) is 4.79 Å². The Hall–Kier alpha value is -2.54. The van der Waals surface area contributed by atoms with E-state index in [0.29, 0.717) is 34.2 Å². The molecule has 1 amide bonds. The molecule has 0 atom stereocenters. The highest BCUT2D eigenvalue weighted by atomic mass is 32.1. The SMILES string of the molecule is C/C=C(\C=C/CC)N1CCc2nc(-c3ccc(N4CCCC4)nc3F)sc2C1=O. The van der Waals surface area contributed by atoms with E-state index >= 15 is 0 Å². The zero-order valence-corrected chi connectivity index (χ0v) is 17.6. The molecular formula is C22H25FN4OS. The van der Waals surface area contributed by atoms with Crippen LogP contribution in [0.3, 0.4) is 0 Å². The molecule has 29 heavy (non-hydrogen) atoms. The van der Waals surface area contributed by atoms with Crippen LogP contribution in [0.2, 0.25) is 0 Å². The molecule has 1 saturated heterocycles. The number of nitrogens with zero attached hydrogens (tertiary/aromatic N) is 4. The van der Waals surface area contributed by atoms with Crippen LogP contribution in [0.5, 0.6) is 0 Å². The molecule has 2 aliphatic rings. The highest BCUT2D eigenvalue weighted by molar-refractivity contribution is 7.17. The first kappa shape index (κ1) is 19.8. The molecule has 0 saturated carbocycles. The summed E-state index contributed by atoms with van der Waals surface area (Å²) in [5, 5.41) is 0.523. The highest BCUT2D eigenvalue weighted by Gasteiger charge is 2.30. The number of rotatable bonds is 5. The van der Waals surface area contributed by atoms with Crippen LogP contribution in [0.1, 0.15) is 48.5 Å². The summed E-state index contributed by atoms with van der Waals surface area (Å²) < 4.78 is 14.8. The molecule has 0 radical (unpaired) electrons. The van der Waals surface area contributed by atoms with Crippen molar-refractivity contribution in [3.63, 3.8) is 0 Å². The second-order valence-corrected chi connectivity index (χ2v) is 8.23. The molecule has 0 aliphatic carbocycles. The molecule has 0 N–H and O–H groups in total. The lowest BCUT2D eigenvalue weighted by atomic mass is 10.1. The van der Waals surface area contributed by atoms with Crippen molar-refractivity contribution in [2.45, 2.75) is 39.5 Å². The number of thiazole rings is 1. The third kappa shape index (κ3) is 3.83. The van der Waals surface area contributed by atoms with Gasteiger partial charge in [0.05, 0.1) is 11.3 Å². The zero-order chi connectivity index (χ0) is 20.4. The van der Waals surface area contributed by atoms with Gasteiger partial charge in [-0.05, 0) is 44.4 Å². The Morgan fingerprint density at radius 3 is 2.72 bits per heavy atom. The number of allylic oxidation sites excluding steroid dienone is 3. The van der Waals surface area contributed by atoms with Gasteiger partial charge in [-0.2, -0.15) is 4.39 Å². The van der Waals surface area contributed by atoms with Crippen LogP contribution in [0.15, 0.2) is 36.1 Å². The van der Waals surface area contributed by atoms with E-state index in [1.165, 1.54) is 11.3 Å². The van der Waals surface area contributed by atoms with E-state index in [1.54, 1.807) is 11.0 Å². The maximum absolute atomic E-state index is 14.8. The number of hydrogen-bond donors (Lipinski definition) is 0. The van der Waals surface area contributed by atoms with Crippen LogP contribution >= 0.6 is 11.3 Å². The van der Waals surface area contributed by atoms with Crippen molar-refractivity contribution < 1.29 is 9.18 Å². The fourth-order valence-electron chi connectivity index (χ4n) is 3.78. The summed E-state index contributed by atoms with van der Waals surface area (Å²) >= 11 is 1.26. The van der Waals surface area contributed by atoms with E-state index in [2.05, 4.69) is 21.8 Å². The van der Waals surface area contributed by atoms with Crippen molar-refractivity contribution in [1.82, 2.24) is 14.9 Å². The average Bonchev–Trinajstić information content (AvgIpc) is 3.40. The van der Waals surface area contributed by atoms with Gasteiger partial charge < -0.3 is 9.80 Å². The maximum Gasteiger partial charge on any atom is 0.270 e. The normalized spacial score (nSPS) is 17.5. The molecule has 4 heterocycles. The number of amides is 1. The van der Waals surface area contributed by atoms with Gasteiger partial charge in [-0.25, -0.2) is 9.97 Å². The van der Waals surface area contributed by atoms with Gasteiger partial charge in [0.15, 0.2) is 0 Å². The zero-order valence-electron chi connectivity index (χ0n) is 16.8. The van der Waals surface area contributed by atoms with E-state index < -0.39 is 5.95 Å². The summed E-state index contributed by atoms with van der Waals surface area (Å²) in [7, 11) is 0. The number of anilines is 1. The molecule has 7 heteroatoms. The average molecular weight is 413 g/mol. The molecule has 0 aromatic carbocycles. The number of pyridine rings is 1. The highest BCUT2D eigenvalue weighted by Crippen LogP contribution is 2.34. The second kappa shape index (κ2) is 8.45. The molecule has 5 nitrogen and oxygen atoms in total. The number of carbonyl (C=O) groups excluding carboxylic acids is 1. The Balaban J connectivity index is 1.61. The third-order valence-corrected chi connectivity index (χ3v) is 6.45. The summed E-state index contributed by atoms with van der Waals surface area (Å²) in [5.41, 5.74) is 2.01. The monoisotopic (exact) mass is 412 g/mol. The predicted octanol–water partition coefficient (Wildman–Crippen LogP) is 4.81. The third-order valence-electron chi connectivity index (χ3n) is 5.34. The summed E-state index contributed by atoms with van der Waals surface area (Å²) in [5.74, 6) is 0.0866. The Morgan fingerprint density at radius 2 is 2.03 bits per heavy atom. The van der Waals surface area contributed by atoms with Crippen LogP contribution in [-0.2, 0) is 6.42 Å².